The molecule has 6 fully saturated rings. The molecule has 4 aliphatic carbocycles. The van der Waals surface area contributed by atoms with E-state index in [-0.39, 0.29) is 17.0 Å². The molecule has 174 valence electrons. The summed E-state index contributed by atoms with van der Waals surface area (Å²) in [5.74, 6) is 4.06. The normalized spacial score (nSPS) is 60.9. The summed E-state index contributed by atoms with van der Waals surface area (Å²) in [4.78, 5) is 12.2. The molecule has 4 heteroatoms. The molecule has 7 unspecified atom stereocenters. The van der Waals surface area contributed by atoms with Gasteiger partial charge in [0.2, 0.25) is 0 Å². The molecule has 4 nitrogen and oxygen atoms in total. The first kappa shape index (κ1) is 21.1. The summed E-state index contributed by atoms with van der Waals surface area (Å²) in [6.07, 6.45) is 9.33. The fraction of sp³-hybridized carbons (Fsp3) is 0.963. The SMILES string of the molecule is C[C@@H]1CC[C@@]2(OC1)OC1CC3C4CCC5CC(=O)C(O)C[C@]5(C)C4CC[C@]3(C)C1[C@@H]2C. The summed E-state index contributed by atoms with van der Waals surface area (Å²) < 4.78 is 13.3. The van der Waals surface area contributed by atoms with Gasteiger partial charge in [0.05, 0.1) is 12.7 Å². The Kier molecular flexibility index (Phi) is 4.62. The Bertz CT molecular complexity index is 756. The Morgan fingerprint density at radius 1 is 1.00 bits per heavy atom. The lowest BCUT2D eigenvalue weighted by Crippen LogP contribution is -2.56. The maximum absolute atomic E-state index is 12.2. The highest BCUT2D eigenvalue weighted by Crippen LogP contribution is 2.71. The summed E-state index contributed by atoms with van der Waals surface area (Å²) in [7, 11) is 0. The molecule has 6 aliphatic rings. The number of aliphatic hydroxyl groups is 1. The van der Waals surface area contributed by atoms with Crippen LogP contribution in [0.3, 0.4) is 0 Å². The van der Waals surface area contributed by atoms with Crippen LogP contribution in [-0.2, 0) is 14.3 Å². The topological polar surface area (TPSA) is 55.8 Å². The van der Waals surface area contributed by atoms with Crippen molar-refractivity contribution in [3.05, 3.63) is 0 Å². The molecule has 0 bridgehead atoms. The van der Waals surface area contributed by atoms with Crippen LogP contribution in [0.1, 0.15) is 85.5 Å². The van der Waals surface area contributed by atoms with E-state index in [0.29, 0.717) is 54.0 Å². The number of hydrogen-bond donors (Lipinski definition) is 1. The average Bonchev–Trinajstić information content (AvgIpc) is 3.16. The van der Waals surface area contributed by atoms with Crippen LogP contribution >= 0.6 is 0 Å². The van der Waals surface area contributed by atoms with Crippen molar-refractivity contribution >= 4 is 5.78 Å². The van der Waals surface area contributed by atoms with E-state index in [4.69, 9.17) is 9.47 Å². The number of hydrogen-bond acceptors (Lipinski definition) is 4. The fourth-order valence-corrected chi connectivity index (χ4v) is 10.1. The van der Waals surface area contributed by atoms with Gasteiger partial charge in [-0.15, -0.1) is 0 Å². The standard InChI is InChI=1S/C27H42O4/c1-15-7-10-27(30-14-15)16(2)24-23(31-27)12-20-18-6-5-17-11-21(28)22(29)13-26(17,4)19(18)8-9-25(20,24)3/h15-20,22-24,29H,5-14H2,1-4H3/t15-,16+,17?,18?,19?,20?,22?,23?,24?,25+,26+,27-/m1/s1. The number of carbonyl (C=O) groups excluding carboxylic acids is 1. The summed E-state index contributed by atoms with van der Waals surface area (Å²) >= 11 is 0. The molecular weight excluding hydrogens is 388 g/mol. The average molecular weight is 431 g/mol. The number of ketones is 1. The number of aliphatic hydroxyl groups excluding tert-OH is 1. The highest BCUT2D eigenvalue weighted by molar-refractivity contribution is 5.84. The van der Waals surface area contributed by atoms with E-state index in [2.05, 4.69) is 27.7 Å². The van der Waals surface area contributed by atoms with E-state index < -0.39 is 6.10 Å². The third-order valence-corrected chi connectivity index (χ3v) is 11.8. The van der Waals surface area contributed by atoms with Gasteiger partial charge >= 0.3 is 0 Å². The van der Waals surface area contributed by atoms with Crippen molar-refractivity contribution in [1.29, 1.82) is 0 Å². The van der Waals surface area contributed by atoms with Gasteiger partial charge < -0.3 is 14.6 Å². The Labute approximate surface area is 187 Å². The molecule has 31 heavy (non-hydrogen) atoms. The monoisotopic (exact) mass is 430 g/mol. The molecule has 0 amide bonds. The molecule has 0 aromatic carbocycles. The molecule has 1 spiro atoms. The van der Waals surface area contributed by atoms with Gasteiger partial charge in [-0.2, -0.15) is 0 Å². The van der Waals surface area contributed by atoms with Crippen molar-refractivity contribution in [2.45, 2.75) is 103 Å². The van der Waals surface area contributed by atoms with E-state index in [9.17, 15) is 9.90 Å². The maximum atomic E-state index is 12.2. The van der Waals surface area contributed by atoms with Crippen LogP contribution in [0.15, 0.2) is 0 Å². The Morgan fingerprint density at radius 2 is 1.81 bits per heavy atom. The minimum Gasteiger partial charge on any atom is -0.385 e. The van der Waals surface area contributed by atoms with Crippen LogP contribution in [-0.4, -0.2) is 35.5 Å². The van der Waals surface area contributed by atoms with Crippen molar-refractivity contribution in [2.24, 2.45) is 52.3 Å². The highest BCUT2D eigenvalue weighted by Gasteiger charge is 2.69. The zero-order valence-corrected chi connectivity index (χ0v) is 19.9. The van der Waals surface area contributed by atoms with Crippen molar-refractivity contribution in [2.75, 3.05) is 6.61 Å². The van der Waals surface area contributed by atoms with E-state index in [0.717, 1.165) is 24.9 Å². The van der Waals surface area contributed by atoms with Crippen molar-refractivity contribution in [3.8, 4) is 0 Å². The lowest BCUT2D eigenvalue weighted by molar-refractivity contribution is -0.273. The second kappa shape index (κ2) is 6.79. The van der Waals surface area contributed by atoms with Gasteiger partial charge in [-0.3, -0.25) is 4.79 Å². The first-order chi connectivity index (χ1) is 14.7. The van der Waals surface area contributed by atoms with Gasteiger partial charge in [0, 0.05) is 18.8 Å². The highest BCUT2D eigenvalue weighted by atomic mass is 16.7. The minimum atomic E-state index is -0.731. The summed E-state index contributed by atoms with van der Waals surface area (Å²) in [5, 5.41) is 10.5. The van der Waals surface area contributed by atoms with Crippen molar-refractivity contribution in [1.82, 2.24) is 0 Å². The van der Waals surface area contributed by atoms with E-state index >= 15 is 0 Å². The molecule has 1 N–H and O–H groups in total. The smallest absolute Gasteiger partial charge is 0.171 e. The quantitative estimate of drug-likeness (QED) is 0.589. The largest absolute Gasteiger partial charge is 0.385 e. The number of Topliss-reactive ketones (excluding diaryl/α,β-unsaturated/α-hetero) is 1. The predicted molar refractivity (Wildman–Crippen MR) is 118 cm³/mol. The first-order valence-corrected chi connectivity index (χ1v) is 13.2. The van der Waals surface area contributed by atoms with Crippen LogP contribution in [0.5, 0.6) is 0 Å². The number of rotatable bonds is 0. The maximum Gasteiger partial charge on any atom is 0.171 e. The lowest BCUT2D eigenvalue weighted by atomic mass is 9.44. The molecule has 12 atom stereocenters. The number of carbonyl (C=O) groups is 1. The molecule has 0 radical (unpaired) electrons. The van der Waals surface area contributed by atoms with Crippen molar-refractivity contribution < 1.29 is 19.4 Å². The first-order valence-electron chi connectivity index (χ1n) is 13.2. The van der Waals surface area contributed by atoms with Crippen LogP contribution in [0, 0.1) is 52.3 Å². The Balaban J connectivity index is 1.27. The third kappa shape index (κ3) is 2.74. The van der Waals surface area contributed by atoms with Gasteiger partial charge in [-0.05, 0) is 91.3 Å². The summed E-state index contributed by atoms with van der Waals surface area (Å²) in [6.45, 7) is 10.5. The number of fused-ring (bicyclic) bond motifs is 7. The fourth-order valence-electron chi connectivity index (χ4n) is 10.1. The third-order valence-electron chi connectivity index (χ3n) is 11.8. The molecule has 2 aliphatic heterocycles. The lowest BCUT2D eigenvalue weighted by Gasteiger charge is -2.61. The number of ether oxygens (including phenoxy) is 2. The van der Waals surface area contributed by atoms with E-state index in [1.54, 1.807) is 0 Å². The summed E-state index contributed by atoms with van der Waals surface area (Å²) in [5.41, 5.74) is 0.471. The van der Waals surface area contributed by atoms with Crippen LogP contribution in [0.2, 0.25) is 0 Å². The van der Waals surface area contributed by atoms with E-state index in [1.807, 2.05) is 0 Å². The van der Waals surface area contributed by atoms with Gasteiger partial charge in [0.25, 0.3) is 0 Å². The van der Waals surface area contributed by atoms with Gasteiger partial charge in [-0.25, -0.2) is 0 Å². The molecule has 0 aromatic rings. The molecule has 0 aromatic heterocycles. The van der Waals surface area contributed by atoms with Crippen molar-refractivity contribution in [3.63, 3.8) is 0 Å². The second-order valence-corrected chi connectivity index (χ2v) is 13.1. The molecule has 6 rings (SSSR count). The van der Waals surface area contributed by atoms with Gasteiger partial charge in [-0.1, -0.05) is 27.7 Å². The van der Waals surface area contributed by atoms with Gasteiger partial charge in [0.1, 0.15) is 6.10 Å². The van der Waals surface area contributed by atoms with Gasteiger partial charge in [0.15, 0.2) is 11.6 Å². The van der Waals surface area contributed by atoms with Crippen LogP contribution in [0.4, 0.5) is 0 Å². The van der Waals surface area contributed by atoms with Crippen LogP contribution in [0.25, 0.3) is 0 Å². The zero-order chi connectivity index (χ0) is 21.8. The minimum absolute atomic E-state index is 0.0892. The summed E-state index contributed by atoms with van der Waals surface area (Å²) in [6, 6.07) is 0. The molecule has 4 saturated carbocycles. The predicted octanol–water partition coefficient (Wildman–Crippen LogP) is 4.97. The van der Waals surface area contributed by atoms with Crippen LogP contribution < -0.4 is 0 Å². The molecule has 2 heterocycles. The molecule has 2 saturated heterocycles. The molecular formula is C27H42O4. The Morgan fingerprint density at radius 3 is 2.55 bits per heavy atom. The van der Waals surface area contributed by atoms with E-state index in [1.165, 1.54) is 38.5 Å². The second-order valence-electron chi connectivity index (χ2n) is 13.1. The zero-order valence-electron chi connectivity index (χ0n) is 19.9. The Hall–Kier alpha value is -0.450.